The topological polar surface area (TPSA) is 73.9 Å². The van der Waals surface area contributed by atoms with Gasteiger partial charge in [-0.2, -0.15) is 0 Å². The molecule has 7 heteroatoms. The minimum Gasteiger partial charge on any atom is -0.453 e. The van der Waals surface area contributed by atoms with Gasteiger partial charge in [0.05, 0.1) is 7.11 Å². The molecule has 21 heavy (non-hydrogen) atoms. The maximum Gasteiger partial charge on any atom is 0.409 e. The van der Waals surface area contributed by atoms with Crippen molar-refractivity contribution in [1.29, 1.82) is 0 Å². The predicted octanol–water partition coefficient (Wildman–Crippen LogP) is 0.611. The van der Waals surface area contributed by atoms with Crippen molar-refractivity contribution in [3.63, 3.8) is 0 Å². The smallest absolute Gasteiger partial charge is 0.409 e. The molecule has 2 heterocycles. The van der Waals surface area contributed by atoms with Crippen LogP contribution in [0.5, 0.6) is 0 Å². The molecule has 2 aliphatic rings. The molecular weight excluding hydrogens is 272 g/mol. The second-order valence-electron chi connectivity index (χ2n) is 5.97. The fraction of sp³-hybridized carbons (Fsp3) is 0.857. The van der Waals surface area contributed by atoms with E-state index in [1.54, 1.807) is 4.90 Å². The number of carbonyl (C=O) groups is 2. The lowest BCUT2D eigenvalue weighted by Crippen LogP contribution is -2.55. The van der Waals surface area contributed by atoms with Gasteiger partial charge in [0.25, 0.3) is 0 Å². The zero-order valence-corrected chi connectivity index (χ0v) is 12.9. The van der Waals surface area contributed by atoms with E-state index in [4.69, 9.17) is 4.74 Å². The molecule has 7 nitrogen and oxygen atoms in total. The average Bonchev–Trinajstić information content (AvgIpc) is 2.46. The summed E-state index contributed by atoms with van der Waals surface area (Å²) >= 11 is 0. The number of nitrogens with one attached hydrogen (secondary N) is 2. The van der Waals surface area contributed by atoms with Crippen molar-refractivity contribution < 1.29 is 14.3 Å². The maximum atomic E-state index is 12.1. The summed E-state index contributed by atoms with van der Waals surface area (Å²) < 4.78 is 4.73. The van der Waals surface area contributed by atoms with Crippen molar-refractivity contribution in [1.82, 2.24) is 20.4 Å². The Hall–Kier alpha value is -1.50. The van der Waals surface area contributed by atoms with Gasteiger partial charge in [-0.3, -0.25) is 0 Å². The molecule has 2 saturated heterocycles. The van der Waals surface area contributed by atoms with Crippen molar-refractivity contribution in [2.75, 3.05) is 40.3 Å². The van der Waals surface area contributed by atoms with Crippen LogP contribution in [0.15, 0.2) is 0 Å². The number of hydrogen-bond donors (Lipinski definition) is 2. The molecule has 0 saturated carbocycles. The first kappa shape index (κ1) is 15.9. The molecule has 0 aromatic rings. The normalized spacial score (nSPS) is 27.0. The van der Waals surface area contributed by atoms with Gasteiger partial charge in [0.1, 0.15) is 0 Å². The molecule has 0 spiro atoms. The molecule has 0 bridgehead atoms. The van der Waals surface area contributed by atoms with Crippen LogP contribution < -0.4 is 10.6 Å². The van der Waals surface area contributed by atoms with Crippen LogP contribution in [0.2, 0.25) is 0 Å². The number of urea groups is 1. The van der Waals surface area contributed by atoms with Crippen molar-refractivity contribution in [2.24, 2.45) is 0 Å². The number of ether oxygens (including phenoxy) is 1. The fourth-order valence-corrected chi connectivity index (χ4v) is 3.09. The molecule has 0 aromatic carbocycles. The van der Waals surface area contributed by atoms with Crippen LogP contribution in [-0.4, -0.2) is 74.3 Å². The van der Waals surface area contributed by atoms with Crippen LogP contribution in [0.4, 0.5) is 9.59 Å². The first-order valence-corrected chi connectivity index (χ1v) is 7.67. The lowest BCUT2D eigenvalue weighted by atomic mass is 10.1. The predicted molar refractivity (Wildman–Crippen MR) is 79.2 cm³/mol. The number of piperidine rings is 2. The van der Waals surface area contributed by atoms with E-state index in [0.717, 1.165) is 38.8 Å². The van der Waals surface area contributed by atoms with E-state index in [1.165, 1.54) is 7.11 Å². The summed E-state index contributed by atoms with van der Waals surface area (Å²) in [5, 5.41) is 6.00. The van der Waals surface area contributed by atoms with E-state index in [0.29, 0.717) is 13.1 Å². The Morgan fingerprint density at radius 1 is 1.05 bits per heavy atom. The van der Waals surface area contributed by atoms with Crippen LogP contribution >= 0.6 is 0 Å². The summed E-state index contributed by atoms with van der Waals surface area (Å²) in [6, 6.07) is 0.0789. The molecule has 2 rings (SSSR count). The van der Waals surface area contributed by atoms with Crippen LogP contribution in [0.25, 0.3) is 0 Å². The van der Waals surface area contributed by atoms with E-state index in [1.807, 2.05) is 0 Å². The number of amides is 3. The van der Waals surface area contributed by atoms with Gasteiger partial charge in [0.2, 0.25) is 0 Å². The summed E-state index contributed by atoms with van der Waals surface area (Å²) in [6.45, 7) is 3.20. The minimum atomic E-state index is -0.323. The average molecular weight is 298 g/mol. The van der Waals surface area contributed by atoms with Gasteiger partial charge in [-0.05, 0) is 39.3 Å². The van der Waals surface area contributed by atoms with Gasteiger partial charge in [0, 0.05) is 31.7 Å². The van der Waals surface area contributed by atoms with Crippen molar-refractivity contribution >= 4 is 12.1 Å². The van der Waals surface area contributed by atoms with Crippen LogP contribution in [0.1, 0.15) is 25.7 Å². The maximum absolute atomic E-state index is 12.1. The van der Waals surface area contributed by atoms with Crippen LogP contribution in [0, 0.1) is 0 Å². The largest absolute Gasteiger partial charge is 0.453 e. The second-order valence-corrected chi connectivity index (χ2v) is 5.97. The monoisotopic (exact) mass is 298 g/mol. The molecule has 0 radical (unpaired) electrons. The Morgan fingerprint density at radius 2 is 1.67 bits per heavy atom. The molecular formula is C14H26N4O3. The van der Waals surface area contributed by atoms with E-state index < -0.39 is 0 Å². The number of rotatable bonds is 2. The molecule has 2 atom stereocenters. The Morgan fingerprint density at radius 3 is 2.29 bits per heavy atom. The Balaban J connectivity index is 1.75. The highest BCUT2D eigenvalue weighted by Crippen LogP contribution is 2.11. The highest BCUT2D eigenvalue weighted by molar-refractivity contribution is 5.75. The van der Waals surface area contributed by atoms with Gasteiger partial charge in [-0.1, -0.05) is 0 Å². The molecule has 120 valence electrons. The molecule has 2 fully saturated rings. The van der Waals surface area contributed by atoms with Crippen LogP contribution in [-0.2, 0) is 4.74 Å². The fourth-order valence-electron chi connectivity index (χ4n) is 3.09. The highest BCUT2D eigenvalue weighted by Gasteiger charge is 2.26. The van der Waals surface area contributed by atoms with Gasteiger partial charge < -0.3 is 25.2 Å². The highest BCUT2D eigenvalue weighted by atomic mass is 16.5. The lowest BCUT2D eigenvalue weighted by Gasteiger charge is -2.33. The summed E-state index contributed by atoms with van der Waals surface area (Å²) in [5.41, 5.74) is 0. The SMILES string of the molecule is COC(=O)N1CCCC(NC(=O)NC2CCCN(C)C2)C1. The number of nitrogens with zero attached hydrogens (tertiary/aromatic N) is 2. The Labute approximate surface area is 126 Å². The zero-order valence-electron chi connectivity index (χ0n) is 12.9. The van der Waals surface area contributed by atoms with Crippen molar-refractivity contribution in [2.45, 2.75) is 37.8 Å². The first-order valence-electron chi connectivity index (χ1n) is 7.67. The number of hydrogen-bond acceptors (Lipinski definition) is 4. The third kappa shape index (κ3) is 4.77. The molecule has 2 N–H and O–H groups in total. The molecule has 2 aliphatic heterocycles. The summed E-state index contributed by atoms with van der Waals surface area (Å²) in [4.78, 5) is 27.4. The lowest BCUT2D eigenvalue weighted by molar-refractivity contribution is 0.107. The molecule has 2 unspecified atom stereocenters. The van der Waals surface area contributed by atoms with Gasteiger partial charge in [-0.15, -0.1) is 0 Å². The summed E-state index contributed by atoms with van der Waals surface area (Å²) in [6.07, 6.45) is 3.59. The summed E-state index contributed by atoms with van der Waals surface area (Å²) in [7, 11) is 3.45. The third-order valence-electron chi connectivity index (χ3n) is 4.15. The number of likely N-dealkylation sites (N-methyl/N-ethyl adjacent to an activating group) is 1. The minimum absolute atomic E-state index is 0.000768. The Bertz CT molecular complexity index is 377. The molecule has 3 amide bonds. The molecule has 0 aliphatic carbocycles. The number of methoxy groups -OCH3 is 1. The summed E-state index contributed by atoms with van der Waals surface area (Å²) in [5.74, 6) is 0. The Kier molecular flexibility index (Phi) is 5.67. The van der Waals surface area contributed by atoms with Crippen molar-refractivity contribution in [3.8, 4) is 0 Å². The van der Waals surface area contributed by atoms with E-state index in [9.17, 15) is 9.59 Å². The third-order valence-corrected chi connectivity index (χ3v) is 4.15. The number of carbonyl (C=O) groups excluding carboxylic acids is 2. The van der Waals surface area contributed by atoms with E-state index >= 15 is 0 Å². The van der Waals surface area contributed by atoms with Crippen LogP contribution in [0.3, 0.4) is 0 Å². The standard InChI is InChI=1S/C14H26N4O3/c1-17-7-3-5-11(9-17)15-13(19)16-12-6-4-8-18(10-12)14(20)21-2/h11-12H,3-10H2,1-2H3,(H2,15,16,19). The number of likely N-dealkylation sites (tertiary alicyclic amines) is 2. The van der Waals surface area contributed by atoms with Crippen molar-refractivity contribution in [3.05, 3.63) is 0 Å². The zero-order chi connectivity index (χ0) is 15.2. The van der Waals surface area contributed by atoms with Gasteiger partial charge in [0.15, 0.2) is 0 Å². The first-order chi connectivity index (χ1) is 10.1. The van der Waals surface area contributed by atoms with Gasteiger partial charge >= 0.3 is 12.1 Å². The van der Waals surface area contributed by atoms with Gasteiger partial charge in [-0.25, -0.2) is 9.59 Å². The van der Waals surface area contributed by atoms with E-state index in [2.05, 4.69) is 22.6 Å². The quantitative estimate of drug-likeness (QED) is 0.783. The van der Waals surface area contributed by atoms with E-state index in [-0.39, 0.29) is 24.2 Å². The molecule has 0 aromatic heterocycles. The second kappa shape index (κ2) is 7.49.